The number of nitrogens with zero attached hydrogens (tertiary/aromatic N) is 3. The van der Waals surface area contributed by atoms with Gasteiger partial charge in [0.15, 0.2) is 0 Å². The summed E-state index contributed by atoms with van der Waals surface area (Å²) in [5, 5.41) is 9.40. The van der Waals surface area contributed by atoms with Crippen LogP contribution in [0, 0.1) is 6.92 Å². The van der Waals surface area contributed by atoms with Crippen LogP contribution in [-0.2, 0) is 4.79 Å². The van der Waals surface area contributed by atoms with Crippen LogP contribution in [0.3, 0.4) is 0 Å². The summed E-state index contributed by atoms with van der Waals surface area (Å²) in [5.74, 6) is 1.43. The van der Waals surface area contributed by atoms with Crippen molar-refractivity contribution in [3.05, 3.63) is 66.1 Å². The van der Waals surface area contributed by atoms with E-state index in [1.54, 1.807) is 44.4 Å². The van der Waals surface area contributed by atoms with Crippen molar-refractivity contribution in [2.45, 2.75) is 20.8 Å². The molecule has 0 bridgehead atoms. The van der Waals surface area contributed by atoms with E-state index < -0.39 is 0 Å². The normalized spacial score (nSPS) is 10.9. The molecule has 2 amide bonds. The number of ether oxygens (including phenoxy) is 1. The molecular weight excluding hydrogens is 472 g/mol. The molecule has 0 saturated heterocycles. The maximum atomic E-state index is 12.3. The highest BCUT2D eigenvalue weighted by atomic mass is 16.5. The van der Waals surface area contributed by atoms with Gasteiger partial charge < -0.3 is 25.1 Å². The van der Waals surface area contributed by atoms with Gasteiger partial charge in [-0.25, -0.2) is 4.98 Å². The van der Waals surface area contributed by atoms with Crippen LogP contribution in [0.1, 0.15) is 30.0 Å². The smallest absolute Gasteiger partial charge is 0.255 e. The van der Waals surface area contributed by atoms with Gasteiger partial charge in [-0.2, -0.15) is 4.98 Å². The summed E-state index contributed by atoms with van der Waals surface area (Å²) >= 11 is 0. The lowest BCUT2D eigenvalue weighted by atomic mass is 10.1. The molecule has 10 heteroatoms. The third kappa shape index (κ3) is 6.22. The van der Waals surface area contributed by atoms with Gasteiger partial charge in [0.2, 0.25) is 17.7 Å². The molecule has 4 aromatic rings. The molecule has 37 heavy (non-hydrogen) atoms. The molecule has 0 atom stereocenters. The maximum Gasteiger partial charge on any atom is 0.255 e. The molecule has 0 radical (unpaired) electrons. The maximum absolute atomic E-state index is 12.3. The van der Waals surface area contributed by atoms with E-state index in [9.17, 15) is 9.59 Å². The minimum atomic E-state index is -0.205. The predicted octanol–water partition coefficient (Wildman–Crippen LogP) is 4.71. The fraction of sp³-hybridized carbons (Fsp3) is 0.259. The molecule has 10 nitrogen and oxygen atoms in total. The van der Waals surface area contributed by atoms with E-state index in [2.05, 4.69) is 25.9 Å². The summed E-state index contributed by atoms with van der Waals surface area (Å²) in [6.07, 6.45) is 1.58. The van der Waals surface area contributed by atoms with E-state index >= 15 is 0 Å². The molecule has 3 N–H and O–H groups in total. The van der Waals surface area contributed by atoms with Crippen molar-refractivity contribution >= 4 is 40.1 Å². The molecule has 2 heterocycles. The van der Waals surface area contributed by atoms with Gasteiger partial charge in [-0.1, -0.05) is 19.9 Å². The van der Waals surface area contributed by atoms with Gasteiger partial charge in [-0.3, -0.25) is 14.5 Å². The summed E-state index contributed by atoms with van der Waals surface area (Å²) in [4.78, 5) is 35.2. The predicted molar refractivity (Wildman–Crippen MR) is 143 cm³/mol. The first-order chi connectivity index (χ1) is 17.9. The fourth-order valence-electron chi connectivity index (χ4n) is 3.90. The van der Waals surface area contributed by atoms with Gasteiger partial charge in [0.25, 0.3) is 5.91 Å². The first-order valence-electron chi connectivity index (χ1n) is 12.1. The Labute approximate surface area is 215 Å². The highest BCUT2D eigenvalue weighted by Crippen LogP contribution is 2.31. The van der Waals surface area contributed by atoms with Crippen LogP contribution >= 0.6 is 0 Å². The molecule has 0 unspecified atom stereocenters. The third-order valence-corrected chi connectivity index (χ3v) is 5.81. The highest BCUT2D eigenvalue weighted by Gasteiger charge is 2.18. The lowest BCUT2D eigenvalue weighted by Crippen LogP contribution is -2.32. The second-order valence-corrected chi connectivity index (χ2v) is 8.31. The Kier molecular flexibility index (Phi) is 7.99. The van der Waals surface area contributed by atoms with Gasteiger partial charge in [0.05, 0.1) is 12.1 Å². The lowest BCUT2D eigenvalue weighted by Gasteiger charge is -2.17. The molecule has 2 aromatic carbocycles. The van der Waals surface area contributed by atoms with E-state index in [1.165, 1.54) is 0 Å². The number of nitrogens with one attached hydrogen (secondary N) is 3. The zero-order chi connectivity index (χ0) is 26.4. The van der Waals surface area contributed by atoms with Crippen LogP contribution in [0.2, 0.25) is 0 Å². The minimum absolute atomic E-state index is 0.0707. The Morgan fingerprint density at radius 3 is 2.59 bits per heavy atom. The molecule has 0 fully saturated rings. The summed E-state index contributed by atoms with van der Waals surface area (Å²) < 4.78 is 11.7. The van der Waals surface area contributed by atoms with Crippen molar-refractivity contribution in [2.75, 3.05) is 37.3 Å². The number of fused-ring (bicyclic) bond motifs is 1. The molecule has 0 aliphatic heterocycles. The second kappa shape index (κ2) is 11.5. The fourth-order valence-corrected chi connectivity index (χ4v) is 3.90. The molecule has 2 aromatic heterocycles. The first-order valence-corrected chi connectivity index (χ1v) is 12.1. The highest BCUT2D eigenvalue weighted by molar-refractivity contribution is 6.07. The zero-order valence-corrected chi connectivity index (χ0v) is 21.3. The SMILES string of the molecule is CCN(CC)CC(=O)Nc1cccc(Nc2nccc(Oc3ccc4c(C(=O)NC)c(C)oc4c3)n2)c1. The van der Waals surface area contributed by atoms with E-state index in [0.717, 1.165) is 13.1 Å². The molecule has 0 saturated carbocycles. The lowest BCUT2D eigenvalue weighted by molar-refractivity contribution is -0.117. The van der Waals surface area contributed by atoms with Crippen LogP contribution in [0.25, 0.3) is 11.0 Å². The van der Waals surface area contributed by atoms with Crippen molar-refractivity contribution in [3.8, 4) is 11.6 Å². The Hall–Kier alpha value is -4.44. The number of hydrogen-bond acceptors (Lipinski definition) is 8. The molecular formula is C27H30N6O4. The number of carbonyl (C=O) groups excluding carboxylic acids is 2. The van der Waals surface area contributed by atoms with Gasteiger partial charge in [0, 0.05) is 42.1 Å². The van der Waals surface area contributed by atoms with Crippen LogP contribution in [0.4, 0.5) is 17.3 Å². The van der Waals surface area contributed by atoms with E-state index in [4.69, 9.17) is 9.15 Å². The number of benzene rings is 2. The van der Waals surface area contributed by atoms with Gasteiger partial charge in [-0.15, -0.1) is 0 Å². The van der Waals surface area contributed by atoms with Gasteiger partial charge in [-0.05, 0) is 50.3 Å². The largest absolute Gasteiger partial charge is 0.460 e. The number of carbonyl (C=O) groups is 2. The number of anilines is 3. The van der Waals surface area contributed by atoms with Crippen molar-refractivity contribution < 1.29 is 18.7 Å². The number of likely N-dealkylation sites (N-methyl/N-ethyl adjacent to an activating group) is 1. The number of furan rings is 1. The minimum Gasteiger partial charge on any atom is -0.460 e. The zero-order valence-electron chi connectivity index (χ0n) is 21.3. The molecule has 0 aliphatic carbocycles. The van der Waals surface area contributed by atoms with Crippen molar-refractivity contribution in [3.63, 3.8) is 0 Å². The second-order valence-electron chi connectivity index (χ2n) is 8.31. The van der Waals surface area contributed by atoms with E-state index in [1.807, 2.05) is 43.0 Å². The van der Waals surface area contributed by atoms with E-state index in [-0.39, 0.29) is 11.8 Å². The Morgan fingerprint density at radius 2 is 1.84 bits per heavy atom. The van der Waals surface area contributed by atoms with Crippen LogP contribution in [0.5, 0.6) is 11.6 Å². The number of rotatable bonds is 10. The summed E-state index contributed by atoms with van der Waals surface area (Å²) in [5.41, 5.74) is 2.43. The Morgan fingerprint density at radius 1 is 1.05 bits per heavy atom. The summed E-state index contributed by atoms with van der Waals surface area (Å²) in [7, 11) is 1.58. The average molecular weight is 503 g/mol. The topological polar surface area (TPSA) is 122 Å². The standard InChI is InChI=1S/C27H30N6O4/c1-5-33(6-2)16-23(34)30-18-8-7-9-19(14-18)31-27-29-13-12-24(32-27)37-20-10-11-21-22(15-20)36-17(3)25(21)26(35)28-4/h7-15H,5-6,16H2,1-4H3,(H,28,35)(H,30,34)(H,29,31,32). The van der Waals surface area contributed by atoms with Crippen LogP contribution < -0.4 is 20.7 Å². The molecule has 0 spiro atoms. The first kappa shape index (κ1) is 25.6. The van der Waals surface area contributed by atoms with Gasteiger partial charge in [0.1, 0.15) is 17.1 Å². The summed E-state index contributed by atoms with van der Waals surface area (Å²) in [6.45, 7) is 7.76. The number of amides is 2. The Bertz CT molecular complexity index is 1410. The number of hydrogen-bond donors (Lipinski definition) is 3. The number of aryl methyl sites for hydroxylation is 1. The number of aromatic nitrogens is 2. The quantitative estimate of drug-likeness (QED) is 0.285. The van der Waals surface area contributed by atoms with E-state index in [0.29, 0.717) is 57.8 Å². The van der Waals surface area contributed by atoms with Crippen LogP contribution in [0.15, 0.2) is 59.1 Å². The monoisotopic (exact) mass is 502 g/mol. The average Bonchev–Trinajstić information content (AvgIpc) is 3.22. The molecule has 192 valence electrons. The van der Waals surface area contributed by atoms with Crippen LogP contribution in [-0.4, -0.2) is 53.4 Å². The van der Waals surface area contributed by atoms with Gasteiger partial charge >= 0.3 is 0 Å². The van der Waals surface area contributed by atoms with Crippen molar-refractivity contribution in [1.82, 2.24) is 20.2 Å². The Balaban J connectivity index is 1.45. The molecule has 0 aliphatic rings. The molecule has 4 rings (SSSR count). The third-order valence-electron chi connectivity index (χ3n) is 5.81. The summed E-state index contributed by atoms with van der Waals surface area (Å²) in [6, 6.07) is 14.2. The van der Waals surface area contributed by atoms with Crippen molar-refractivity contribution in [1.29, 1.82) is 0 Å². The van der Waals surface area contributed by atoms with Crippen molar-refractivity contribution in [2.24, 2.45) is 0 Å².